The SMILES string of the molecule is CCOc1cccc([C@@H]2CNC[C@H]2CO)c1. The Kier molecular flexibility index (Phi) is 3.80. The van der Waals surface area contributed by atoms with Gasteiger partial charge in [0.15, 0.2) is 0 Å². The van der Waals surface area contributed by atoms with E-state index in [0.717, 1.165) is 18.8 Å². The molecule has 2 atom stereocenters. The Bertz CT molecular complexity index is 340. The highest BCUT2D eigenvalue weighted by Gasteiger charge is 2.27. The maximum atomic E-state index is 9.30. The predicted octanol–water partition coefficient (Wildman–Crippen LogP) is 1.38. The molecule has 0 amide bonds. The van der Waals surface area contributed by atoms with Crippen molar-refractivity contribution in [3.8, 4) is 5.75 Å². The van der Waals surface area contributed by atoms with Crippen molar-refractivity contribution in [1.29, 1.82) is 0 Å². The number of hydrogen-bond donors (Lipinski definition) is 2. The second kappa shape index (κ2) is 5.32. The third kappa shape index (κ3) is 2.36. The quantitative estimate of drug-likeness (QED) is 0.807. The maximum absolute atomic E-state index is 9.30. The molecule has 0 aromatic heterocycles. The van der Waals surface area contributed by atoms with Gasteiger partial charge in [-0.2, -0.15) is 0 Å². The summed E-state index contributed by atoms with van der Waals surface area (Å²) in [6, 6.07) is 8.20. The Morgan fingerprint density at radius 2 is 2.31 bits per heavy atom. The van der Waals surface area contributed by atoms with E-state index in [2.05, 4.69) is 17.4 Å². The third-order valence-electron chi connectivity index (χ3n) is 3.17. The van der Waals surface area contributed by atoms with Crippen molar-refractivity contribution in [2.24, 2.45) is 5.92 Å². The Balaban J connectivity index is 2.16. The van der Waals surface area contributed by atoms with Gasteiger partial charge in [-0.05, 0) is 24.6 Å². The van der Waals surface area contributed by atoms with Crippen LogP contribution in [0.3, 0.4) is 0 Å². The van der Waals surface area contributed by atoms with Crippen molar-refractivity contribution in [1.82, 2.24) is 5.32 Å². The first-order chi connectivity index (χ1) is 7.85. The number of aliphatic hydroxyl groups is 1. The van der Waals surface area contributed by atoms with Gasteiger partial charge < -0.3 is 15.2 Å². The molecule has 0 unspecified atom stereocenters. The van der Waals surface area contributed by atoms with Crippen LogP contribution in [-0.4, -0.2) is 31.4 Å². The Hall–Kier alpha value is -1.06. The van der Waals surface area contributed by atoms with E-state index in [1.54, 1.807) is 0 Å². The molecule has 1 saturated heterocycles. The minimum Gasteiger partial charge on any atom is -0.494 e. The summed E-state index contributed by atoms with van der Waals surface area (Å²) in [5.74, 6) is 1.66. The van der Waals surface area contributed by atoms with Gasteiger partial charge in [0.25, 0.3) is 0 Å². The highest BCUT2D eigenvalue weighted by Crippen LogP contribution is 2.29. The fourth-order valence-corrected chi connectivity index (χ4v) is 2.32. The molecule has 88 valence electrons. The van der Waals surface area contributed by atoms with E-state index in [9.17, 15) is 5.11 Å². The molecule has 0 spiro atoms. The molecular formula is C13H19NO2. The Morgan fingerprint density at radius 3 is 3.06 bits per heavy atom. The summed E-state index contributed by atoms with van der Waals surface area (Å²) in [6.07, 6.45) is 0. The molecule has 0 aliphatic carbocycles. The van der Waals surface area contributed by atoms with E-state index >= 15 is 0 Å². The van der Waals surface area contributed by atoms with Gasteiger partial charge in [0.2, 0.25) is 0 Å². The van der Waals surface area contributed by atoms with Gasteiger partial charge in [0.1, 0.15) is 5.75 Å². The van der Waals surface area contributed by atoms with Crippen molar-refractivity contribution in [3.05, 3.63) is 29.8 Å². The Morgan fingerprint density at radius 1 is 1.44 bits per heavy atom. The Labute approximate surface area is 96.4 Å². The van der Waals surface area contributed by atoms with Gasteiger partial charge in [-0.15, -0.1) is 0 Å². The monoisotopic (exact) mass is 221 g/mol. The minimum atomic E-state index is 0.247. The van der Waals surface area contributed by atoms with E-state index in [1.807, 2.05) is 19.1 Å². The summed E-state index contributed by atoms with van der Waals surface area (Å²) in [7, 11) is 0. The fraction of sp³-hybridized carbons (Fsp3) is 0.538. The van der Waals surface area contributed by atoms with Crippen LogP contribution in [-0.2, 0) is 0 Å². The first kappa shape index (κ1) is 11.4. The number of nitrogens with one attached hydrogen (secondary N) is 1. The minimum absolute atomic E-state index is 0.247. The summed E-state index contributed by atoms with van der Waals surface area (Å²) >= 11 is 0. The first-order valence-electron chi connectivity index (χ1n) is 5.89. The molecule has 0 bridgehead atoms. The van der Waals surface area contributed by atoms with Gasteiger partial charge in [0, 0.05) is 31.5 Å². The van der Waals surface area contributed by atoms with Gasteiger partial charge in [-0.25, -0.2) is 0 Å². The molecule has 1 aromatic rings. The van der Waals surface area contributed by atoms with Crippen LogP contribution in [0.25, 0.3) is 0 Å². The van der Waals surface area contributed by atoms with Gasteiger partial charge >= 0.3 is 0 Å². The molecule has 3 nitrogen and oxygen atoms in total. The second-order valence-corrected chi connectivity index (χ2v) is 4.21. The number of ether oxygens (including phenoxy) is 1. The standard InChI is InChI=1S/C13H19NO2/c1-2-16-12-5-3-4-10(6-12)13-8-14-7-11(13)9-15/h3-6,11,13-15H,2,7-9H2,1H3/t11-,13-/m0/s1. The van der Waals surface area contributed by atoms with Crippen molar-refractivity contribution in [2.45, 2.75) is 12.8 Å². The lowest BCUT2D eigenvalue weighted by Gasteiger charge is -2.17. The summed E-state index contributed by atoms with van der Waals surface area (Å²) in [5.41, 5.74) is 1.26. The van der Waals surface area contributed by atoms with E-state index in [1.165, 1.54) is 5.56 Å². The smallest absolute Gasteiger partial charge is 0.119 e. The summed E-state index contributed by atoms with van der Waals surface area (Å²) in [4.78, 5) is 0. The zero-order chi connectivity index (χ0) is 11.4. The van der Waals surface area contributed by atoms with Gasteiger partial charge in [-0.1, -0.05) is 12.1 Å². The summed E-state index contributed by atoms with van der Waals surface area (Å²) < 4.78 is 5.49. The van der Waals surface area contributed by atoms with Crippen LogP contribution in [0.15, 0.2) is 24.3 Å². The van der Waals surface area contributed by atoms with Crippen LogP contribution in [0.4, 0.5) is 0 Å². The van der Waals surface area contributed by atoms with Crippen LogP contribution >= 0.6 is 0 Å². The van der Waals surface area contributed by atoms with Crippen LogP contribution in [0.1, 0.15) is 18.4 Å². The molecular weight excluding hydrogens is 202 g/mol. The lowest BCUT2D eigenvalue weighted by Crippen LogP contribution is -2.14. The topological polar surface area (TPSA) is 41.5 Å². The molecule has 0 saturated carbocycles. The molecule has 2 N–H and O–H groups in total. The molecule has 0 radical (unpaired) electrons. The van der Waals surface area contributed by atoms with Crippen molar-refractivity contribution in [2.75, 3.05) is 26.3 Å². The van der Waals surface area contributed by atoms with Crippen LogP contribution in [0.5, 0.6) is 5.75 Å². The second-order valence-electron chi connectivity index (χ2n) is 4.21. The predicted molar refractivity (Wildman–Crippen MR) is 63.8 cm³/mol. The van der Waals surface area contributed by atoms with Gasteiger partial charge in [0.05, 0.1) is 6.61 Å². The highest BCUT2D eigenvalue weighted by molar-refractivity contribution is 5.32. The van der Waals surface area contributed by atoms with E-state index in [4.69, 9.17) is 4.74 Å². The van der Waals surface area contributed by atoms with Crippen molar-refractivity contribution < 1.29 is 9.84 Å². The number of hydrogen-bond acceptors (Lipinski definition) is 3. The highest BCUT2D eigenvalue weighted by atomic mass is 16.5. The molecule has 3 heteroatoms. The number of aliphatic hydroxyl groups excluding tert-OH is 1. The van der Waals surface area contributed by atoms with E-state index in [-0.39, 0.29) is 6.61 Å². The molecule has 1 aromatic carbocycles. The van der Waals surface area contributed by atoms with Crippen LogP contribution in [0.2, 0.25) is 0 Å². The van der Waals surface area contributed by atoms with Crippen molar-refractivity contribution in [3.63, 3.8) is 0 Å². The molecule has 1 heterocycles. The molecule has 2 rings (SSSR count). The third-order valence-corrected chi connectivity index (χ3v) is 3.17. The molecule has 16 heavy (non-hydrogen) atoms. The molecule has 1 aliphatic heterocycles. The van der Waals surface area contributed by atoms with E-state index in [0.29, 0.717) is 18.4 Å². The van der Waals surface area contributed by atoms with E-state index < -0.39 is 0 Å². The zero-order valence-electron chi connectivity index (χ0n) is 9.65. The van der Waals surface area contributed by atoms with Crippen molar-refractivity contribution >= 4 is 0 Å². The van der Waals surface area contributed by atoms with Gasteiger partial charge in [-0.3, -0.25) is 0 Å². The largest absolute Gasteiger partial charge is 0.494 e. The average Bonchev–Trinajstić information content (AvgIpc) is 2.78. The lowest BCUT2D eigenvalue weighted by molar-refractivity contribution is 0.226. The van der Waals surface area contributed by atoms with Crippen LogP contribution < -0.4 is 10.1 Å². The van der Waals surface area contributed by atoms with Crippen LogP contribution in [0, 0.1) is 5.92 Å². The number of benzene rings is 1. The lowest BCUT2D eigenvalue weighted by atomic mass is 9.89. The molecule has 1 aliphatic rings. The average molecular weight is 221 g/mol. The normalized spacial score (nSPS) is 24.6. The molecule has 1 fully saturated rings. The zero-order valence-corrected chi connectivity index (χ0v) is 9.65. The summed E-state index contributed by atoms with van der Waals surface area (Å²) in [6.45, 7) is 4.77. The number of rotatable bonds is 4. The fourth-order valence-electron chi connectivity index (χ4n) is 2.32. The maximum Gasteiger partial charge on any atom is 0.119 e. The first-order valence-corrected chi connectivity index (χ1v) is 5.89. The summed E-state index contributed by atoms with van der Waals surface area (Å²) in [5, 5.41) is 12.6.